The Morgan fingerprint density at radius 3 is 2.50 bits per heavy atom. The largest absolute Gasteiger partial charge is 0.317 e. The van der Waals surface area contributed by atoms with E-state index >= 15 is 0 Å². The van der Waals surface area contributed by atoms with Crippen molar-refractivity contribution in [1.82, 2.24) is 20.3 Å². The molecule has 1 N–H and O–H groups in total. The third kappa shape index (κ3) is 2.79. The van der Waals surface area contributed by atoms with Gasteiger partial charge in [-0.15, -0.1) is 5.10 Å². The summed E-state index contributed by atoms with van der Waals surface area (Å²) in [4.78, 5) is 0. The highest BCUT2D eigenvalue weighted by atomic mass is 79.9. The van der Waals surface area contributed by atoms with Gasteiger partial charge in [0.1, 0.15) is 5.69 Å². The molecule has 0 radical (unpaired) electrons. The monoisotopic (exact) mass is 308 g/mol. The van der Waals surface area contributed by atoms with Gasteiger partial charge in [0.2, 0.25) is 0 Å². The summed E-state index contributed by atoms with van der Waals surface area (Å²) in [7, 11) is 3.88. The molecule has 0 spiro atoms. The minimum atomic E-state index is 0.487. The lowest BCUT2D eigenvalue weighted by atomic mass is 10.0. The molecule has 0 aliphatic rings. The summed E-state index contributed by atoms with van der Waals surface area (Å²) in [6, 6.07) is 9.02. The summed E-state index contributed by atoms with van der Waals surface area (Å²) in [5.41, 5.74) is 3.45. The van der Waals surface area contributed by atoms with Crippen LogP contribution in [-0.2, 0) is 13.5 Å². The number of hydrogen-bond donors (Lipinski definition) is 1. The van der Waals surface area contributed by atoms with E-state index in [0.717, 1.165) is 22.3 Å². The SMILES string of the molecule is CNC(C)Cc1ccc(-c2c(Br)nnn2C)cc1. The molecule has 0 amide bonds. The average molecular weight is 309 g/mol. The van der Waals surface area contributed by atoms with Crippen molar-refractivity contribution in [2.75, 3.05) is 7.05 Å². The molecule has 1 aromatic carbocycles. The van der Waals surface area contributed by atoms with Crippen molar-refractivity contribution < 1.29 is 0 Å². The topological polar surface area (TPSA) is 42.7 Å². The molecule has 1 aromatic heterocycles. The van der Waals surface area contributed by atoms with Gasteiger partial charge >= 0.3 is 0 Å². The van der Waals surface area contributed by atoms with Crippen molar-refractivity contribution >= 4 is 15.9 Å². The van der Waals surface area contributed by atoms with E-state index in [1.54, 1.807) is 4.68 Å². The van der Waals surface area contributed by atoms with Crippen LogP contribution in [0.1, 0.15) is 12.5 Å². The summed E-state index contributed by atoms with van der Waals surface area (Å²) in [5, 5.41) is 11.2. The molecular formula is C13H17BrN4. The summed E-state index contributed by atoms with van der Waals surface area (Å²) in [6.45, 7) is 2.18. The standard InChI is InChI=1S/C13H17BrN4/c1-9(15-2)8-10-4-6-11(7-5-10)12-13(14)16-17-18(12)3/h4-7,9,15H,8H2,1-3H3. The average Bonchev–Trinajstić information content (AvgIpc) is 2.70. The second-order valence-corrected chi connectivity index (χ2v) is 5.19. The molecule has 1 heterocycles. The fourth-order valence-corrected chi connectivity index (χ4v) is 2.45. The van der Waals surface area contributed by atoms with E-state index in [9.17, 15) is 0 Å². The van der Waals surface area contributed by atoms with E-state index in [1.165, 1.54) is 5.56 Å². The van der Waals surface area contributed by atoms with Gasteiger partial charge in [-0.3, -0.25) is 0 Å². The predicted octanol–water partition coefficient (Wildman–Crippen LogP) is 2.40. The molecule has 18 heavy (non-hydrogen) atoms. The number of aryl methyl sites for hydroxylation is 1. The molecular weight excluding hydrogens is 292 g/mol. The quantitative estimate of drug-likeness (QED) is 0.943. The maximum Gasteiger partial charge on any atom is 0.156 e. The molecule has 5 heteroatoms. The van der Waals surface area contributed by atoms with E-state index in [-0.39, 0.29) is 0 Å². The minimum absolute atomic E-state index is 0.487. The van der Waals surface area contributed by atoms with E-state index in [4.69, 9.17) is 0 Å². The number of nitrogens with one attached hydrogen (secondary N) is 1. The third-order valence-electron chi connectivity index (χ3n) is 3.05. The van der Waals surface area contributed by atoms with Crippen molar-refractivity contribution in [2.45, 2.75) is 19.4 Å². The van der Waals surface area contributed by atoms with Crippen molar-refractivity contribution in [3.63, 3.8) is 0 Å². The Balaban J connectivity index is 2.23. The number of rotatable bonds is 4. The molecule has 0 aliphatic heterocycles. The van der Waals surface area contributed by atoms with E-state index < -0.39 is 0 Å². The zero-order valence-corrected chi connectivity index (χ0v) is 12.4. The molecule has 2 aromatic rings. The molecule has 0 saturated carbocycles. The smallest absolute Gasteiger partial charge is 0.156 e. The Kier molecular flexibility index (Phi) is 4.14. The first-order chi connectivity index (χ1) is 8.61. The number of halogens is 1. The van der Waals surface area contributed by atoms with Crippen LogP contribution in [-0.4, -0.2) is 28.1 Å². The van der Waals surface area contributed by atoms with Gasteiger partial charge in [-0.1, -0.05) is 29.5 Å². The highest BCUT2D eigenvalue weighted by Gasteiger charge is 2.10. The predicted molar refractivity (Wildman–Crippen MR) is 76.4 cm³/mol. The molecule has 0 bridgehead atoms. The van der Waals surface area contributed by atoms with Crippen molar-refractivity contribution in [1.29, 1.82) is 0 Å². The minimum Gasteiger partial charge on any atom is -0.317 e. The fraction of sp³-hybridized carbons (Fsp3) is 0.385. The van der Waals surface area contributed by atoms with Crippen LogP contribution in [0.5, 0.6) is 0 Å². The van der Waals surface area contributed by atoms with Crippen LogP contribution in [0.3, 0.4) is 0 Å². The summed E-state index contributed by atoms with van der Waals surface area (Å²) >= 11 is 3.42. The van der Waals surface area contributed by atoms with Gasteiger partial charge in [-0.2, -0.15) is 0 Å². The first kappa shape index (κ1) is 13.2. The van der Waals surface area contributed by atoms with Gasteiger partial charge in [0.15, 0.2) is 4.60 Å². The molecule has 4 nitrogen and oxygen atoms in total. The van der Waals surface area contributed by atoms with E-state index in [1.807, 2.05) is 14.1 Å². The van der Waals surface area contributed by atoms with Crippen LogP contribution < -0.4 is 5.32 Å². The lowest BCUT2D eigenvalue weighted by molar-refractivity contribution is 0.608. The van der Waals surface area contributed by atoms with Gasteiger partial charge in [0, 0.05) is 18.7 Å². The van der Waals surface area contributed by atoms with Crippen LogP contribution in [0.15, 0.2) is 28.9 Å². The van der Waals surface area contributed by atoms with Gasteiger partial charge in [-0.25, -0.2) is 4.68 Å². The molecule has 0 aliphatic carbocycles. The van der Waals surface area contributed by atoms with Gasteiger partial charge < -0.3 is 5.32 Å². The fourth-order valence-electron chi connectivity index (χ4n) is 1.89. The second kappa shape index (κ2) is 5.63. The number of nitrogens with zero attached hydrogens (tertiary/aromatic N) is 3. The maximum atomic E-state index is 4.00. The van der Waals surface area contributed by atoms with Crippen LogP contribution in [0, 0.1) is 0 Å². The van der Waals surface area contributed by atoms with E-state index in [0.29, 0.717) is 6.04 Å². The summed E-state index contributed by atoms with van der Waals surface area (Å²) in [6.07, 6.45) is 1.03. The second-order valence-electron chi connectivity index (χ2n) is 4.44. The lowest BCUT2D eigenvalue weighted by Gasteiger charge is -2.10. The van der Waals surface area contributed by atoms with Gasteiger partial charge in [0.25, 0.3) is 0 Å². The van der Waals surface area contributed by atoms with Crippen LogP contribution in [0.4, 0.5) is 0 Å². The molecule has 1 unspecified atom stereocenters. The van der Waals surface area contributed by atoms with E-state index in [2.05, 4.69) is 62.7 Å². The molecule has 0 fully saturated rings. The van der Waals surface area contributed by atoms with Gasteiger partial charge in [0.05, 0.1) is 0 Å². The zero-order valence-electron chi connectivity index (χ0n) is 10.8. The number of benzene rings is 1. The van der Waals surface area contributed by atoms with Gasteiger partial charge in [-0.05, 0) is 41.9 Å². The zero-order chi connectivity index (χ0) is 13.1. The first-order valence-corrected chi connectivity index (χ1v) is 6.73. The Hall–Kier alpha value is -1.20. The van der Waals surface area contributed by atoms with Crippen molar-refractivity contribution in [3.8, 4) is 11.3 Å². The highest BCUT2D eigenvalue weighted by molar-refractivity contribution is 9.10. The van der Waals surface area contributed by atoms with Crippen molar-refractivity contribution in [3.05, 3.63) is 34.4 Å². The van der Waals surface area contributed by atoms with Crippen LogP contribution in [0.25, 0.3) is 11.3 Å². The lowest BCUT2D eigenvalue weighted by Crippen LogP contribution is -2.23. The third-order valence-corrected chi connectivity index (χ3v) is 3.58. The first-order valence-electron chi connectivity index (χ1n) is 5.93. The summed E-state index contributed by atoms with van der Waals surface area (Å²) in [5.74, 6) is 0. The number of likely N-dealkylation sites (N-methyl/N-ethyl adjacent to an activating group) is 1. The molecule has 0 saturated heterocycles. The Morgan fingerprint density at radius 1 is 1.33 bits per heavy atom. The van der Waals surface area contributed by atoms with Crippen LogP contribution >= 0.6 is 15.9 Å². The molecule has 96 valence electrons. The number of hydrogen-bond acceptors (Lipinski definition) is 3. The Morgan fingerprint density at radius 2 is 2.00 bits per heavy atom. The Labute approximate surface area is 116 Å². The van der Waals surface area contributed by atoms with Crippen molar-refractivity contribution in [2.24, 2.45) is 7.05 Å². The van der Waals surface area contributed by atoms with Crippen LogP contribution in [0.2, 0.25) is 0 Å². The summed E-state index contributed by atoms with van der Waals surface area (Å²) < 4.78 is 2.55. The molecule has 2 rings (SSSR count). The molecule has 1 atom stereocenters. The maximum absolute atomic E-state index is 4.00. The Bertz CT molecular complexity index is 499. The normalized spacial score (nSPS) is 12.7. The number of aromatic nitrogens is 3. The highest BCUT2D eigenvalue weighted by Crippen LogP contribution is 2.25.